The van der Waals surface area contributed by atoms with Crippen LogP contribution in [0.1, 0.15) is 28.3 Å². The van der Waals surface area contributed by atoms with Crippen molar-refractivity contribution in [3.63, 3.8) is 0 Å². The predicted octanol–water partition coefficient (Wildman–Crippen LogP) is 5.46. The maximum Gasteiger partial charge on any atom is 0.251 e. The van der Waals surface area contributed by atoms with Crippen LogP contribution in [-0.2, 0) is 0 Å². The summed E-state index contributed by atoms with van der Waals surface area (Å²) in [4.78, 5) is 15.3. The number of nitrogens with one attached hydrogen (secondary N) is 1. The number of fused-ring (bicyclic) bond motifs is 3. The van der Waals surface area contributed by atoms with Gasteiger partial charge in [-0.3, -0.25) is 4.79 Å². The van der Waals surface area contributed by atoms with E-state index >= 15 is 0 Å². The Bertz CT molecular complexity index is 1290. The van der Waals surface area contributed by atoms with Gasteiger partial charge in [0.1, 0.15) is 0 Å². The zero-order valence-corrected chi connectivity index (χ0v) is 18.2. The fourth-order valence-corrected chi connectivity index (χ4v) is 5.85. The minimum atomic E-state index is 0.0259. The minimum Gasteiger partial charge on any atom is -0.351 e. The first-order chi connectivity index (χ1) is 15.8. The van der Waals surface area contributed by atoms with E-state index in [1.165, 1.54) is 29.3 Å². The van der Waals surface area contributed by atoms with Crippen molar-refractivity contribution in [3.05, 3.63) is 96.1 Å². The molecular formula is C29H28N2O. The Morgan fingerprint density at radius 3 is 2.53 bits per heavy atom. The lowest BCUT2D eigenvalue weighted by atomic mass is 9.64. The van der Waals surface area contributed by atoms with E-state index in [-0.39, 0.29) is 5.91 Å². The molecule has 1 saturated carbocycles. The summed E-state index contributed by atoms with van der Waals surface area (Å²) in [5.41, 5.74) is 2.26. The number of nitrogens with zero attached hydrogens (tertiary/aromatic N) is 1. The minimum absolute atomic E-state index is 0.0259. The van der Waals surface area contributed by atoms with Crippen LogP contribution < -0.4 is 5.32 Å². The number of hydrogen-bond acceptors (Lipinski definition) is 2. The molecule has 6 rings (SSSR count). The van der Waals surface area contributed by atoms with Crippen LogP contribution in [0.2, 0.25) is 0 Å². The third-order valence-corrected chi connectivity index (χ3v) is 7.59. The van der Waals surface area contributed by atoms with E-state index in [9.17, 15) is 4.79 Å². The number of hydrogen-bond donors (Lipinski definition) is 1. The summed E-state index contributed by atoms with van der Waals surface area (Å²) in [6, 6.07) is 29.6. The monoisotopic (exact) mass is 420 g/mol. The first kappa shape index (κ1) is 19.5. The molecule has 3 atom stereocenters. The molecular weight excluding hydrogens is 392 g/mol. The average Bonchev–Trinajstić information content (AvgIpc) is 3.14. The van der Waals surface area contributed by atoms with Crippen molar-refractivity contribution < 1.29 is 4.79 Å². The van der Waals surface area contributed by atoms with Crippen LogP contribution in [0.4, 0.5) is 0 Å². The second-order valence-electron chi connectivity index (χ2n) is 9.41. The van der Waals surface area contributed by atoms with Crippen molar-refractivity contribution >= 4 is 27.5 Å². The smallest absolute Gasteiger partial charge is 0.251 e. The maximum absolute atomic E-state index is 12.8. The van der Waals surface area contributed by atoms with E-state index in [4.69, 9.17) is 0 Å². The lowest BCUT2D eigenvalue weighted by molar-refractivity contribution is 0.0951. The zero-order chi connectivity index (χ0) is 21.5. The highest BCUT2D eigenvalue weighted by atomic mass is 16.1. The molecule has 2 aliphatic rings. The fourth-order valence-electron chi connectivity index (χ4n) is 5.85. The van der Waals surface area contributed by atoms with Gasteiger partial charge in [-0.1, -0.05) is 78.9 Å². The normalized spacial score (nSPS) is 22.6. The zero-order valence-electron chi connectivity index (χ0n) is 18.2. The van der Waals surface area contributed by atoms with Gasteiger partial charge in [-0.25, -0.2) is 0 Å². The summed E-state index contributed by atoms with van der Waals surface area (Å²) in [5, 5.41) is 7.94. The molecule has 4 aromatic carbocycles. The number of carbonyl (C=O) groups excluding carboxylic acids is 1. The van der Waals surface area contributed by atoms with E-state index in [0.717, 1.165) is 41.3 Å². The molecule has 1 aliphatic heterocycles. The Morgan fingerprint density at radius 2 is 1.62 bits per heavy atom. The van der Waals surface area contributed by atoms with Crippen LogP contribution in [0.3, 0.4) is 0 Å². The Hall–Kier alpha value is -3.17. The maximum atomic E-state index is 12.8. The van der Waals surface area contributed by atoms with Crippen LogP contribution in [0.5, 0.6) is 0 Å². The Balaban J connectivity index is 1.06. The summed E-state index contributed by atoms with van der Waals surface area (Å²) in [7, 11) is 0. The predicted molar refractivity (Wildman–Crippen MR) is 131 cm³/mol. The molecule has 3 heteroatoms. The van der Waals surface area contributed by atoms with Gasteiger partial charge in [-0.15, -0.1) is 0 Å². The molecule has 3 unspecified atom stereocenters. The van der Waals surface area contributed by atoms with Gasteiger partial charge in [0.15, 0.2) is 0 Å². The van der Waals surface area contributed by atoms with Gasteiger partial charge in [0.05, 0.1) is 0 Å². The van der Waals surface area contributed by atoms with Gasteiger partial charge in [-0.2, -0.15) is 0 Å². The quantitative estimate of drug-likeness (QED) is 0.465. The molecule has 2 fully saturated rings. The lowest BCUT2D eigenvalue weighted by Crippen LogP contribution is -2.34. The summed E-state index contributed by atoms with van der Waals surface area (Å²) in [5.74, 6) is 2.27. The largest absolute Gasteiger partial charge is 0.351 e. The van der Waals surface area contributed by atoms with Crippen molar-refractivity contribution in [1.29, 1.82) is 0 Å². The molecule has 1 heterocycles. The van der Waals surface area contributed by atoms with Crippen LogP contribution in [-0.4, -0.2) is 37.0 Å². The standard InChI is InChI=1S/C29H28N2O/c32-29(26-11-5-9-21-7-3-4-10-25(21)26)30-14-15-31-18-24-17-27(28(24)19-31)23-13-12-20-6-1-2-8-22(20)16-23/h1-13,16,24,27-28H,14-15,17-19H2,(H,30,32). The molecule has 0 bridgehead atoms. The summed E-state index contributed by atoms with van der Waals surface area (Å²) < 4.78 is 0. The van der Waals surface area contributed by atoms with Crippen LogP contribution >= 0.6 is 0 Å². The van der Waals surface area contributed by atoms with Crippen molar-refractivity contribution in [2.75, 3.05) is 26.2 Å². The summed E-state index contributed by atoms with van der Waals surface area (Å²) in [6.07, 6.45) is 1.29. The van der Waals surface area contributed by atoms with Crippen LogP contribution in [0, 0.1) is 11.8 Å². The SMILES string of the molecule is O=C(NCCN1CC2CC(c3ccc4ccccc4c3)C2C1)c1cccc2ccccc12. The number of carbonyl (C=O) groups is 1. The number of benzene rings is 4. The van der Waals surface area contributed by atoms with Gasteiger partial charge in [0.2, 0.25) is 0 Å². The molecule has 3 nitrogen and oxygen atoms in total. The van der Waals surface area contributed by atoms with Crippen molar-refractivity contribution in [3.8, 4) is 0 Å². The molecule has 160 valence electrons. The molecule has 4 aromatic rings. The van der Waals surface area contributed by atoms with E-state index in [1.807, 2.05) is 30.3 Å². The molecule has 1 aliphatic carbocycles. The van der Waals surface area contributed by atoms with Gasteiger partial charge in [0.25, 0.3) is 5.91 Å². The third kappa shape index (κ3) is 3.47. The molecule has 0 spiro atoms. The Morgan fingerprint density at radius 1 is 0.844 bits per heavy atom. The topological polar surface area (TPSA) is 32.3 Å². The summed E-state index contributed by atoms with van der Waals surface area (Å²) in [6.45, 7) is 3.93. The number of amides is 1. The molecule has 0 radical (unpaired) electrons. The van der Waals surface area contributed by atoms with E-state index in [0.29, 0.717) is 12.5 Å². The van der Waals surface area contributed by atoms with Gasteiger partial charge in [-0.05, 0) is 57.3 Å². The second kappa shape index (κ2) is 8.07. The summed E-state index contributed by atoms with van der Waals surface area (Å²) >= 11 is 0. The lowest BCUT2D eigenvalue weighted by Gasteiger charge is -2.40. The van der Waals surface area contributed by atoms with E-state index < -0.39 is 0 Å². The molecule has 1 N–H and O–H groups in total. The molecule has 1 saturated heterocycles. The van der Waals surface area contributed by atoms with Gasteiger partial charge >= 0.3 is 0 Å². The fraction of sp³-hybridized carbons (Fsp3) is 0.276. The first-order valence-corrected chi connectivity index (χ1v) is 11.7. The van der Waals surface area contributed by atoms with Crippen molar-refractivity contribution in [2.24, 2.45) is 11.8 Å². The van der Waals surface area contributed by atoms with Gasteiger partial charge in [0, 0.05) is 31.7 Å². The van der Waals surface area contributed by atoms with Crippen LogP contribution in [0.25, 0.3) is 21.5 Å². The van der Waals surface area contributed by atoms with Crippen molar-refractivity contribution in [2.45, 2.75) is 12.3 Å². The third-order valence-electron chi connectivity index (χ3n) is 7.59. The second-order valence-corrected chi connectivity index (χ2v) is 9.41. The first-order valence-electron chi connectivity index (χ1n) is 11.7. The molecule has 32 heavy (non-hydrogen) atoms. The van der Waals surface area contributed by atoms with E-state index in [1.54, 1.807) is 0 Å². The average molecular weight is 421 g/mol. The molecule has 1 amide bonds. The highest BCUT2D eigenvalue weighted by Gasteiger charge is 2.47. The van der Waals surface area contributed by atoms with E-state index in [2.05, 4.69) is 64.8 Å². The highest BCUT2D eigenvalue weighted by molar-refractivity contribution is 6.07. The Labute approximate surface area is 189 Å². The molecule has 0 aromatic heterocycles. The Kier molecular flexibility index (Phi) is 4.92. The van der Waals surface area contributed by atoms with Gasteiger partial charge < -0.3 is 10.2 Å². The number of rotatable bonds is 5. The highest BCUT2D eigenvalue weighted by Crippen LogP contribution is 2.51. The van der Waals surface area contributed by atoms with Crippen LogP contribution in [0.15, 0.2) is 84.9 Å². The van der Waals surface area contributed by atoms with Crippen molar-refractivity contribution in [1.82, 2.24) is 10.2 Å². The number of likely N-dealkylation sites (tertiary alicyclic amines) is 1.